The van der Waals surface area contributed by atoms with Gasteiger partial charge >= 0.3 is 0 Å². The lowest BCUT2D eigenvalue weighted by molar-refractivity contribution is -0.142. The van der Waals surface area contributed by atoms with Crippen molar-refractivity contribution in [3.05, 3.63) is 54.1 Å². The van der Waals surface area contributed by atoms with Gasteiger partial charge < -0.3 is 24.4 Å². The van der Waals surface area contributed by atoms with Crippen molar-refractivity contribution in [3.8, 4) is 17.2 Å². The van der Waals surface area contributed by atoms with Gasteiger partial charge in [-0.15, -0.1) is 0 Å². The fourth-order valence-electron chi connectivity index (χ4n) is 2.86. The average Bonchev–Trinajstić information content (AvgIpc) is 2.75. The van der Waals surface area contributed by atoms with Crippen LogP contribution < -0.4 is 19.5 Å². The summed E-state index contributed by atoms with van der Waals surface area (Å²) in [4.78, 5) is 27.1. The molecule has 30 heavy (non-hydrogen) atoms. The smallest absolute Gasteiger partial charge is 0.261 e. The molecular weight excluding hydrogens is 384 g/mol. The summed E-state index contributed by atoms with van der Waals surface area (Å²) in [5.74, 6) is 1.05. The van der Waals surface area contributed by atoms with Gasteiger partial charge in [0.15, 0.2) is 6.61 Å². The van der Waals surface area contributed by atoms with Crippen LogP contribution in [0, 0.1) is 0 Å². The molecule has 0 spiro atoms. The van der Waals surface area contributed by atoms with Crippen LogP contribution in [0.1, 0.15) is 26.3 Å². The van der Waals surface area contributed by atoms with Crippen molar-refractivity contribution in [3.63, 3.8) is 0 Å². The van der Waals surface area contributed by atoms with Crippen molar-refractivity contribution in [2.45, 2.75) is 39.4 Å². The van der Waals surface area contributed by atoms with E-state index in [1.165, 1.54) is 4.90 Å². The third-order valence-corrected chi connectivity index (χ3v) is 4.48. The van der Waals surface area contributed by atoms with Crippen molar-refractivity contribution < 1.29 is 23.8 Å². The van der Waals surface area contributed by atoms with Gasteiger partial charge in [-0.2, -0.15) is 0 Å². The summed E-state index contributed by atoms with van der Waals surface area (Å²) in [5.41, 5.74) is 0.929. The van der Waals surface area contributed by atoms with Crippen molar-refractivity contribution >= 4 is 11.8 Å². The molecule has 7 nitrogen and oxygen atoms in total. The van der Waals surface area contributed by atoms with Crippen molar-refractivity contribution in [1.82, 2.24) is 10.2 Å². The first-order valence-corrected chi connectivity index (χ1v) is 9.83. The molecule has 0 bridgehead atoms. The van der Waals surface area contributed by atoms with Gasteiger partial charge in [0.2, 0.25) is 5.91 Å². The molecule has 0 aromatic heterocycles. The zero-order valence-electron chi connectivity index (χ0n) is 18.2. The van der Waals surface area contributed by atoms with E-state index in [9.17, 15) is 9.59 Å². The minimum absolute atomic E-state index is 0.0193. The van der Waals surface area contributed by atoms with Gasteiger partial charge in [-0.05, 0) is 26.3 Å². The molecule has 0 aliphatic heterocycles. The highest BCUT2D eigenvalue weighted by molar-refractivity contribution is 5.88. The topological polar surface area (TPSA) is 77.1 Å². The maximum absolute atomic E-state index is 13.0. The number of benzene rings is 2. The van der Waals surface area contributed by atoms with E-state index < -0.39 is 6.04 Å². The van der Waals surface area contributed by atoms with E-state index in [2.05, 4.69) is 5.32 Å². The standard InChI is InChI=1S/C23H30N2O5/c1-16(2)24-23(27)17(3)25(14-18-9-7-6-8-10-18)22(26)15-30-21-12-19(28-4)11-20(13-21)29-5/h6-13,16-17H,14-15H2,1-5H3,(H,24,27)/t17-/m1/s1. The molecular formula is C23H30N2O5. The fourth-order valence-corrected chi connectivity index (χ4v) is 2.86. The first-order chi connectivity index (χ1) is 14.3. The molecule has 0 aliphatic rings. The number of nitrogens with one attached hydrogen (secondary N) is 1. The number of carbonyl (C=O) groups is 2. The molecule has 0 saturated carbocycles. The van der Waals surface area contributed by atoms with Gasteiger partial charge in [-0.1, -0.05) is 30.3 Å². The zero-order valence-corrected chi connectivity index (χ0v) is 18.2. The summed E-state index contributed by atoms with van der Waals surface area (Å²) in [5, 5.41) is 2.86. The van der Waals surface area contributed by atoms with E-state index in [0.717, 1.165) is 5.56 Å². The third kappa shape index (κ3) is 6.69. The lowest BCUT2D eigenvalue weighted by atomic mass is 10.1. The second-order valence-electron chi connectivity index (χ2n) is 7.18. The maximum Gasteiger partial charge on any atom is 0.261 e. The Morgan fingerprint density at radius 1 is 0.933 bits per heavy atom. The third-order valence-electron chi connectivity index (χ3n) is 4.48. The highest BCUT2D eigenvalue weighted by atomic mass is 16.5. The number of ether oxygens (including phenoxy) is 3. The van der Waals surface area contributed by atoms with Crippen LogP contribution in [0.25, 0.3) is 0 Å². The summed E-state index contributed by atoms with van der Waals surface area (Å²) >= 11 is 0. The van der Waals surface area contributed by atoms with Crippen molar-refractivity contribution in [2.24, 2.45) is 0 Å². The van der Waals surface area contributed by atoms with Crippen LogP contribution in [0.15, 0.2) is 48.5 Å². The predicted octanol–water partition coefficient (Wildman–Crippen LogP) is 3.02. The molecule has 1 N–H and O–H groups in total. The van der Waals surface area contributed by atoms with Crippen LogP contribution in [-0.4, -0.2) is 49.6 Å². The van der Waals surface area contributed by atoms with E-state index in [1.807, 2.05) is 44.2 Å². The molecule has 162 valence electrons. The second kappa shape index (κ2) is 11.1. The maximum atomic E-state index is 13.0. The molecule has 2 amide bonds. The molecule has 0 unspecified atom stereocenters. The summed E-state index contributed by atoms with van der Waals surface area (Å²) in [6.45, 7) is 5.56. The van der Waals surface area contributed by atoms with Gasteiger partial charge in [0, 0.05) is 30.8 Å². The Labute approximate surface area is 177 Å². The van der Waals surface area contributed by atoms with E-state index in [1.54, 1.807) is 39.3 Å². The zero-order chi connectivity index (χ0) is 22.1. The highest BCUT2D eigenvalue weighted by Gasteiger charge is 2.27. The summed E-state index contributed by atoms with van der Waals surface area (Å²) in [7, 11) is 3.08. The summed E-state index contributed by atoms with van der Waals surface area (Å²) < 4.78 is 16.2. The Morgan fingerprint density at radius 2 is 1.50 bits per heavy atom. The van der Waals surface area contributed by atoms with Gasteiger partial charge in [-0.25, -0.2) is 0 Å². The number of methoxy groups -OCH3 is 2. The molecule has 2 aromatic carbocycles. The van der Waals surface area contributed by atoms with Crippen LogP contribution in [-0.2, 0) is 16.1 Å². The average molecular weight is 415 g/mol. The van der Waals surface area contributed by atoms with Crippen LogP contribution in [0.3, 0.4) is 0 Å². The first-order valence-electron chi connectivity index (χ1n) is 9.83. The number of nitrogens with zero attached hydrogens (tertiary/aromatic N) is 1. The summed E-state index contributed by atoms with van der Waals surface area (Å²) in [6, 6.07) is 13.9. The molecule has 0 saturated heterocycles. The van der Waals surface area contributed by atoms with Gasteiger partial charge in [-0.3, -0.25) is 9.59 Å². The molecule has 0 heterocycles. The quantitative estimate of drug-likeness (QED) is 0.647. The Kier molecular flexibility index (Phi) is 8.53. The van der Waals surface area contributed by atoms with E-state index in [4.69, 9.17) is 14.2 Å². The molecule has 7 heteroatoms. The van der Waals surface area contributed by atoms with Gasteiger partial charge in [0.1, 0.15) is 23.3 Å². The minimum Gasteiger partial charge on any atom is -0.496 e. The SMILES string of the molecule is COc1cc(OC)cc(OCC(=O)N(Cc2ccccc2)[C@H](C)C(=O)NC(C)C)c1. The van der Waals surface area contributed by atoms with Crippen LogP contribution in [0.5, 0.6) is 17.2 Å². The Morgan fingerprint density at radius 3 is 2.03 bits per heavy atom. The highest BCUT2D eigenvalue weighted by Crippen LogP contribution is 2.27. The molecule has 0 fully saturated rings. The number of rotatable bonds is 10. The number of carbonyl (C=O) groups excluding carboxylic acids is 2. The Balaban J connectivity index is 2.16. The minimum atomic E-state index is -0.649. The van der Waals surface area contributed by atoms with Gasteiger partial charge in [0.05, 0.1) is 14.2 Å². The largest absolute Gasteiger partial charge is 0.496 e. The number of amides is 2. The molecule has 2 aromatic rings. The number of hydrogen-bond acceptors (Lipinski definition) is 5. The second-order valence-corrected chi connectivity index (χ2v) is 7.18. The number of hydrogen-bond donors (Lipinski definition) is 1. The Hall–Kier alpha value is -3.22. The van der Waals surface area contributed by atoms with E-state index in [-0.39, 0.29) is 24.5 Å². The van der Waals surface area contributed by atoms with Crippen LogP contribution in [0.2, 0.25) is 0 Å². The predicted molar refractivity (Wildman–Crippen MR) is 115 cm³/mol. The van der Waals surface area contributed by atoms with Crippen molar-refractivity contribution in [2.75, 3.05) is 20.8 Å². The van der Waals surface area contributed by atoms with E-state index in [0.29, 0.717) is 23.8 Å². The molecule has 0 aliphatic carbocycles. The molecule has 2 rings (SSSR count). The monoisotopic (exact) mass is 414 g/mol. The lowest BCUT2D eigenvalue weighted by Crippen LogP contribution is -2.50. The Bertz CT molecular complexity index is 816. The first kappa shape index (κ1) is 23.1. The fraction of sp³-hybridized carbons (Fsp3) is 0.391. The normalized spacial score (nSPS) is 11.5. The summed E-state index contributed by atoms with van der Waals surface area (Å²) in [6.07, 6.45) is 0. The van der Waals surface area contributed by atoms with Crippen LogP contribution in [0.4, 0.5) is 0 Å². The van der Waals surface area contributed by atoms with Crippen molar-refractivity contribution in [1.29, 1.82) is 0 Å². The lowest BCUT2D eigenvalue weighted by Gasteiger charge is -2.29. The molecule has 1 atom stereocenters. The molecule has 0 radical (unpaired) electrons. The van der Waals surface area contributed by atoms with Gasteiger partial charge in [0.25, 0.3) is 5.91 Å². The van der Waals surface area contributed by atoms with E-state index >= 15 is 0 Å². The van der Waals surface area contributed by atoms with Crippen LogP contribution >= 0.6 is 0 Å².